The van der Waals surface area contributed by atoms with Gasteiger partial charge < -0.3 is 15.4 Å². The third-order valence-electron chi connectivity index (χ3n) is 4.32. The van der Waals surface area contributed by atoms with Gasteiger partial charge in [0.05, 0.1) is 0 Å². The van der Waals surface area contributed by atoms with Crippen LogP contribution in [-0.4, -0.2) is 23.9 Å². The van der Waals surface area contributed by atoms with Crippen molar-refractivity contribution in [2.24, 2.45) is 0 Å². The molecule has 6 nitrogen and oxygen atoms in total. The molecule has 1 aromatic heterocycles. The van der Waals surface area contributed by atoms with Crippen LogP contribution < -0.4 is 10.6 Å². The molecule has 0 radical (unpaired) electrons. The zero-order valence-corrected chi connectivity index (χ0v) is 16.2. The first kappa shape index (κ1) is 19.1. The standard InChI is InChI=1S/C20H22N2O4S/c1-12(19(24)22-16-9-7-15(8-10-16)21-13(2)23)26-20(25)18-11-14-5-3-4-6-17(14)27-18/h7-12H,3-6H2,1-2H3,(H,21,23)(H,22,24)/t12-/m1/s1. The molecule has 2 aromatic rings. The lowest BCUT2D eigenvalue weighted by atomic mass is 9.99. The van der Waals surface area contributed by atoms with Gasteiger partial charge in [-0.2, -0.15) is 0 Å². The Balaban J connectivity index is 1.56. The number of esters is 1. The lowest BCUT2D eigenvalue weighted by Gasteiger charge is -2.13. The normalized spacial score (nSPS) is 14.0. The van der Waals surface area contributed by atoms with Crippen molar-refractivity contribution >= 4 is 40.5 Å². The molecule has 0 aliphatic heterocycles. The predicted octanol–water partition coefficient (Wildman–Crippen LogP) is 3.77. The maximum absolute atomic E-state index is 12.3. The number of carbonyl (C=O) groups is 3. The Morgan fingerprint density at radius 3 is 2.30 bits per heavy atom. The SMILES string of the molecule is CC(=O)Nc1ccc(NC(=O)[C@@H](C)OC(=O)c2cc3c(s2)CCCC3)cc1. The van der Waals surface area contributed by atoms with Gasteiger partial charge in [-0.05, 0) is 68.5 Å². The monoisotopic (exact) mass is 386 g/mol. The van der Waals surface area contributed by atoms with E-state index >= 15 is 0 Å². The van der Waals surface area contributed by atoms with Crippen molar-refractivity contribution in [1.82, 2.24) is 0 Å². The highest BCUT2D eigenvalue weighted by atomic mass is 32.1. The summed E-state index contributed by atoms with van der Waals surface area (Å²) in [6.07, 6.45) is 3.41. The van der Waals surface area contributed by atoms with E-state index in [-0.39, 0.29) is 5.91 Å². The molecule has 1 atom stereocenters. The van der Waals surface area contributed by atoms with Crippen LogP contribution in [0, 0.1) is 0 Å². The Hall–Kier alpha value is -2.67. The van der Waals surface area contributed by atoms with Crippen LogP contribution in [-0.2, 0) is 27.2 Å². The lowest BCUT2D eigenvalue weighted by Crippen LogP contribution is -2.29. The van der Waals surface area contributed by atoms with Crippen molar-refractivity contribution in [3.8, 4) is 0 Å². The van der Waals surface area contributed by atoms with E-state index in [1.807, 2.05) is 6.07 Å². The molecular formula is C20H22N2O4S. The minimum Gasteiger partial charge on any atom is -0.448 e. The molecule has 2 amide bonds. The van der Waals surface area contributed by atoms with Crippen molar-refractivity contribution in [3.63, 3.8) is 0 Å². The van der Waals surface area contributed by atoms with E-state index in [4.69, 9.17) is 4.74 Å². The van der Waals surface area contributed by atoms with Crippen molar-refractivity contribution in [3.05, 3.63) is 45.6 Å². The maximum atomic E-state index is 12.3. The molecule has 7 heteroatoms. The van der Waals surface area contributed by atoms with Gasteiger partial charge in [0.25, 0.3) is 5.91 Å². The number of thiophene rings is 1. The van der Waals surface area contributed by atoms with Gasteiger partial charge in [-0.3, -0.25) is 9.59 Å². The fourth-order valence-electron chi connectivity index (χ4n) is 2.95. The van der Waals surface area contributed by atoms with Crippen LogP contribution in [0.5, 0.6) is 0 Å². The summed E-state index contributed by atoms with van der Waals surface area (Å²) < 4.78 is 5.33. The summed E-state index contributed by atoms with van der Waals surface area (Å²) in [4.78, 5) is 37.5. The van der Waals surface area contributed by atoms with Crippen molar-refractivity contribution < 1.29 is 19.1 Å². The number of ether oxygens (including phenoxy) is 1. The Labute approximate surface area is 161 Å². The fourth-order valence-corrected chi connectivity index (χ4v) is 4.08. The van der Waals surface area contributed by atoms with Gasteiger partial charge >= 0.3 is 5.97 Å². The molecule has 142 valence electrons. The maximum Gasteiger partial charge on any atom is 0.349 e. The van der Waals surface area contributed by atoms with Crippen molar-refractivity contribution in [1.29, 1.82) is 0 Å². The number of amides is 2. The van der Waals surface area contributed by atoms with E-state index in [2.05, 4.69) is 10.6 Å². The summed E-state index contributed by atoms with van der Waals surface area (Å²) in [5, 5.41) is 5.36. The Kier molecular flexibility index (Phi) is 5.91. The van der Waals surface area contributed by atoms with E-state index < -0.39 is 18.0 Å². The molecule has 0 fully saturated rings. The highest BCUT2D eigenvalue weighted by Crippen LogP contribution is 2.30. The molecule has 2 N–H and O–H groups in total. The van der Waals surface area contributed by atoms with Crippen molar-refractivity contribution in [2.45, 2.75) is 45.6 Å². The number of benzene rings is 1. The van der Waals surface area contributed by atoms with Crippen LogP contribution in [0.1, 0.15) is 46.8 Å². The van der Waals surface area contributed by atoms with Gasteiger partial charge in [0.2, 0.25) is 5.91 Å². The number of rotatable bonds is 5. The molecule has 0 spiro atoms. The van der Waals surface area contributed by atoms with Gasteiger partial charge in [0.15, 0.2) is 6.10 Å². The van der Waals surface area contributed by atoms with Crippen LogP contribution in [0.3, 0.4) is 0 Å². The molecule has 0 saturated heterocycles. The van der Waals surface area contributed by atoms with Gasteiger partial charge in [-0.1, -0.05) is 0 Å². The Morgan fingerprint density at radius 1 is 1.04 bits per heavy atom. The van der Waals surface area contributed by atoms with Gasteiger partial charge in [0, 0.05) is 23.2 Å². The summed E-state index contributed by atoms with van der Waals surface area (Å²) in [7, 11) is 0. The van der Waals surface area contributed by atoms with Gasteiger partial charge in [-0.25, -0.2) is 4.79 Å². The second-order valence-corrected chi connectivity index (χ2v) is 7.70. The summed E-state index contributed by atoms with van der Waals surface area (Å²) in [5.41, 5.74) is 2.43. The van der Waals surface area contributed by atoms with E-state index in [9.17, 15) is 14.4 Å². The van der Waals surface area contributed by atoms with Crippen LogP contribution in [0.4, 0.5) is 11.4 Å². The number of aryl methyl sites for hydroxylation is 2. The minimum absolute atomic E-state index is 0.164. The predicted molar refractivity (Wildman–Crippen MR) is 105 cm³/mol. The third kappa shape index (κ3) is 4.95. The van der Waals surface area contributed by atoms with Crippen LogP contribution in [0.2, 0.25) is 0 Å². The molecular weight excluding hydrogens is 364 g/mol. The zero-order valence-electron chi connectivity index (χ0n) is 15.3. The molecule has 1 aromatic carbocycles. The molecule has 0 unspecified atom stereocenters. The topological polar surface area (TPSA) is 84.5 Å². The average Bonchev–Trinajstić information content (AvgIpc) is 3.07. The molecule has 27 heavy (non-hydrogen) atoms. The second-order valence-electron chi connectivity index (χ2n) is 6.56. The number of carbonyl (C=O) groups excluding carboxylic acids is 3. The molecule has 0 bridgehead atoms. The van der Waals surface area contributed by atoms with E-state index in [0.717, 1.165) is 25.7 Å². The number of anilines is 2. The highest BCUT2D eigenvalue weighted by molar-refractivity contribution is 7.14. The quantitative estimate of drug-likeness (QED) is 0.766. The Morgan fingerprint density at radius 2 is 1.67 bits per heavy atom. The summed E-state index contributed by atoms with van der Waals surface area (Å²) in [6, 6.07) is 8.61. The van der Waals surface area contributed by atoms with Crippen molar-refractivity contribution in [2.75, 3.05) is 10.6 Å². The smallest absolute Gasteiger partial charge is 0.349 e. The molecule has 1 aliphatic rings. The number of fused-ring (bicyclic) bond motifs is 1. The Bertz CT molecular complexity index is 834. The minimum atomic E-state index is -0.911. The number of hydrogen-bond donors (Lipinski definition) is 2. The first-order valence-electron chi connectivity index (χ1n) is 8.93. The van der Waals surface area contributed by atoms with E-state index in [1.54, 1.807) is 31.2 Å². The highest BCUT2D eigenvalue weighted by Gasteiger charge is 2.22. The first-order chi connectivity index (χ1) is 12.9. The second kappa shape index (κ2) is 8.35. The van der Waals surface area contributed by atoms with Crippen LogP contribution in [0.15, 0.2) is 30.3 Å². The fraction of sp³-hybridized carbons (Fsp3) is 0.350. The summed E-state index contributed by atoms with van der Waals surface area (Å²) in [5.74, 6) is -1.03. The van der Waals surface area contributed by atoms with Gasteiger partial charge in [-0.15, -0.1) is 11.3 Å². The van der Waals surface area contributed by atoms with E-state index in [0.29, 0.717) is 16.3 Å². The third-order valence-corrected chi connectivity index (χ3v) is 5.54. The lowest BCUT2D eigenvalue weighted by molar-refractivity contribution is -0.123. The van der Waals surface area contributed by atoms with Gasteiger partial charge in [0.1, 0.15) is 4.88 Å². The summed E-state index contributed by atoms with van der Waals surface area (Å²) in [6.45, 7) is 2.97. The molecule has 3 rings (SSSR count). The summed E-state index contributed by atoms with van der Waals surface area (Å²) >= 11 is 1.47. The number of nitrogens with one attached hydrogen (secondary N) is 2. The molecule has 0 saturated carbocycles. The average molecular weight is 386 g/mol. The van der Waals surface area contributed by atoms with Crippen LogP contribution in [0.25, 0.3) is 0 Å². The first-order valence-corrected chi connectivity index (χ1v) is 9.75. The molecule has 1 heterocycles. The largest absolute Gasteiger partial charge is 0.448 e. The number of hydrogen-bond acceptors (Lipinski definition) is 5. The molecule has 1 aliphatic carbocycles. The van der Waals surface area contributed by atoms with Crippen LogP contribution >= 0.6 is 11.3 Å². The van der Waals surface area contributed by atoms with E-state index in [1.165, 1.54) is 28.7 Å². The zero-order chi connectivity index (χ0) is 19.4.